The fourth-order valence-corrected chi connectivity index (χ4v) is 2.55. The number of aliphatic carboxylic acids is 1. The molecular weight excluding hydrogens is 384 g/mol. The van der Waals surface area contributed by atoms with Crippen LogP contribution in [0.5, 0.6) is 5.75 Å². The molecule has 0 saturated heterocycles. The Morgan fingerprint density at radius 3 is 2.38 bits per heavy atom. The molecule has 2 N–H and O–H groups in total. The van der Waals surface area contributed by atoms with Crippen LogP contribution < -0.4 is 10.1 Å². The second-order valence-electron chi connectivity index (χ2n) is 7.68. The lowest BCUT2D eigenvalue weighted by molar-refractivity contribution is -0.385. The van der Waals surface area contributed by atoms with Crippen LogP contribution >= 0.6 is 0 Å². The first-order valence-electron chi connectivity index (χ1n) is 8.96. The Labute approximate surface area is 168 Å². The van der Waals surface area contributed by atoms with E-state index in [-0.39, 0.29) is 18.6 Å². The number of nitrogens with one attached hydrogen (secondary N) is 1. The second kappa shape index (κ2) is 9.85. The van der Waals surface area contributed by atoms with Gasteiger partial charge in [-0.3, -0.25) is 19.7 Å². The molecule has 2 atom stereocenters. The number of nitrogens with zero attached hydrogens (tertiary/aromatic N) is 1. The number of hydrogen-bond acceptors (Lipinski definition) is 7. The maximum absolute atomic E-state index is 12.1. The van der Waals surface area contributed by atoms with Gasteiger partial charge in [-0.15, -0.1) is 0 Å². The number of nitro groups is 1. The molecular formula is C19H26N2O8. The van der Waals surface area contributed by atoms with Gasteiger partial charge in [-0.1, -0.05) is 13.0 Å². The summed E-state index contributed by atoms with van der Waals surface area (Å²) in [7, 11) is 0. The molecule has 0 fully saturated rings. The predicted octanol–water partition coefficient (Wildman–Crippen LogP) is 3.07. The van der Waals surface area contributed by atoms with E-state index in [4.69, 9.17) is 9.47 Å². The molecule has 0 spiro atoms. The number of carboxylic acid groups (broad SMARTS) is 1. The van der Waals surface area contributed by atoms with Gasteiger partial charge in [0, 0.05) is 19.0 Å². The van der Waals surface area contributed by atoms with Gasteiger partial charge < -0.3 is 19.9 Å². The Bertz CT molecular complexity index is 785. The summed E-state index contributed by atoms with van der Waals surface area (Å²) in [5, 5.41) is 23.1. The largest absolute Gasteiger partial charge is 0.481 e. The molecule has 1 amide bonds. The van der Waals surface area contributed by atoms with Gasteiger partial charge in [-0.05, 0) is 45.2 Å². The highest BCUT2D eigenvalue weighted by Gasteiger charge is 2.25. The molecule has 0 heterocycles. The van der Waals surface area contributed by atoms with Crippen LogP contribution in [0.3, 0.4) is 0 Å². The van der Waals surface area contributed by atoms with E-state index < -0.39 is 46.2 Å². The van der Waals surface area contributed by atoms with Crippen molar-refractivity contribution in [2.45, 2.75) is 59.1 Å². The second-order valence-corrected chi connectivity index (χ2v) is 7.68. The number of amides is 1. The summed E-state index contributed by atoms with van der Waals surface area (Å²) in [6, 6.07) is 3.39. The summed E-state index contributed by atoms with van der Waals surface area (Å²) in [5.74, 6) is -2.68. The van der Waals surface area contributed by atoms with Crippen molar-refractivity contribution in [3.63, 3.8) is 0 Å². The van der Waals surface area contributed by atoms with Crippen molar-refractivity contribution in [2.24, 2.45) is 5.92 Å². The average molecular weight is 410 g/mol. The Morgan fingerprint density at radius 2 is 1.90 bits per heavy atom. The Morgan fingerprint density at radius 1 is 1.28 bits per heavy atom. The van der Waals surface area contributed by atoms with Crippen molar-refractivity contribution in [2.75, 3.05) is 0 Å². The minimum atomic E-state index is -1.03. The van der Waals surface area contributed by atoms with E-state index in [1.807, 2.05) is 0 Å². The highest BCUT2D eigenvalue weighted by molar-refractivity contribution is 5.72. The number of rotatable bonds is 8. The van der Waals surface area contributed by atoms with Crippen molar-refractivity contribution in [3.8, 4) is 5.75 Å². The van der Waals surface area contributed by atoms with E-state index in [2.05, 4.69) is 5.32 Å². The van der Waals surface area contributed by atoms with Crippen LogP contribution in [0.25, 0.3) is 0 Å². The molecule has 1 rings (SSSR count). The summed E-state index contributed by atoms with van der Waals surface area (Å²) in [5.41, 5.74) is -0.677. The number of esters is 1. The first-order chi connectivity index (χ1) is 13.3. The molecule has 10 nitrogen and oxygen atoms in total. The zero-order valence-electron chi connectivity index (χ0n) is 17.1. The lowest BCUT2D eigenvalue weighted by Crippen LogP contribution is -2.41. The maximum Gasteiger partial charge on any atom is 0.407 e. The monoisotopic (exact) mass is 410 g/mol. The number of hydrogen-bond donors (Lipinski definition) is 2. The van der Waals surface area contributed by atoms with Gasteiger partial charge in [0.25, 0.3) is 0 Å². The van der Waals surface area contributed by atoms with Crippen molar-refractivity contribution >= 4 is 23.7 Å². The van der Waals surface area contributed by atoms with Crippen molar-refractivity contribution in [1.29, 1.82) is 0 Å². The smallest absolute Gasteiger partial charge is 0.407 e. The molecule has 0 saturated carbocycles. The highest BCUT2D eigenvalue weighted by atomic mass is 16.6. The molecule has 0 aromatic heterocycles. The van der Waals surface area contributed by atoms with E-state index in [0.29, 0.717) is 5.56 Å². The topological polar surface area (TPSA) is 145 Å². The lowest BCUT2D eigenvalue weighted by atomic mass is 9.96. The number of nitro benzene ring substituents is 1. The van der Waals surface area contributed by atoms with E-state index in [0.717, 1.165) is 6.92 Å². The standard InChI is InChI=1S/C19H26N2O8/c1-11(17(23)24)8-14(20-18(25)29-19(3,4)5)9-13-6-7-16(28-12(2)22)15(10-13)21(26)27/h6-7,10-11,14H,8-9H2,1-5H3,(H,20,25)(H,23,24). The van der Waals surface area contributed by atoms with Crippen LogP contribution in [0, 0.1) is 16.0 Å². The van der Waals surface area contributed by atoms with Gasteiger partial charge in [0.15, 0.2) is 0 Å². The molecule has 2 unspecified atom stereocenters. The fourth-order valence-electron chi connectivity index (χ4n) is 2.55. The number of alkyl carbamates (subject to hydrolysis) is 1. The summed E-state index contributed by atoms with van der Waals surface area (Å²) in [6.45, 7) is 7.71. The maximum atomic E-state index is 12.1. The van der Waals surface area contributed by atoms with Crippen molar-refractivity contribution < 1.29 is 33.9 Å². The molecule has 10 heteroatoms. The van der Waals surface area contributed by atoms with Gasteiger partial charge in [0.05, 0.1) is 10.8 Å². The first kappa shape index (κ1) is 23.9. The van der Waals surface area contributed by atoms with Crippen LogP contribution in [0.2, 0.25) is 0 Å². The molecule has 0 aliphatic carbocycles. The van der Waals surface area contributed by atoms with Gasteiger partial charge in [-0.25, -0.2) is 4.79 Å². The summed E-state index contributed by atoms with van der Waals surface area (Å²) < 4.78 is 10.0. The molecule has 29 heavy (non-hydrogen) atoms. The number of ether oxygens (including phenoxy) is 2. The Kier molecular flexibility index (Phi) is 8.11. The first-order valence-corrected chi connectivity index (χ1v) is 8.96. The SMILES string of the molecule is CC(=O)Oc1ccc(CC(CC(C)C(=O)O)NC(=O)OC(C)(C)C)cc1[N+](=O)[O-]. The molecule has 1 aromatic carbocycles. The van der Waals surface area contributed by atoms with Gasteiger partial charge in [0.1, 0.15) is 5.60 Å². The Hall–Kier alpha value is -3.17. The van der Waals surface area contributed by atoms with Crippen LogP contribution in [0.1, 0.15) is 46.6 Å². The van der Waals surface area contributed by atoms with Gasteiger partial charge in [-0.2, -0.15) is 0 Å². The minimum absolute atomic E-state index is 0.0913. The summed E-state index contributed by atoms with van der Waals surface area (Å²) >= 11 is 0. The van der Waals surface area contributed by atoms with Gasteiger partial charge >= 0.3 is 23.7 Å². The van der Waals surface area contributed by atoms with Crippen molar-refractivity contribution in [1.82, 2.24) is 5.32 Å². The number of carbonyl (C=O) groups excluding carboxylic acids is 2. The third kappa shape index (κ3) is 8.58. The summed E-state index contributed by atoms with van der Waals surface area (Å²) in [4.78, 5) is 45.0. The van der Waals surface area contributed by atoms with Crippen molar-refractivity contribution in [3.05, 3.63) is 33.9 Å². The number of carboxylic acids is 1. The predicted molar refractivity (Wildman–Crippen MR) is 103 cm³/mol. The van der Waals surface area contributed by atoms with E-state index in [9.17, 15) is 29.6 Å². The quantitative estimate of drug-likeness (QED) is 0.288. The molecule has 1 aromatic rings. The fraction of sp³-hybridized carbons (Fsp3) is 0.526. The van der Waals surface area contributed by atoms with Crippen LogP contribution in [-0.2, 0) is 20.7 Å². The molecule has 0 radical (unpaired) electrons. The third-order valence-corrected chi connectivity index (χ3v) is 3.74. The van der Waals surface area contributed by atoms with Gasteiger partial charge in [0.2, 0.25) is 5.75 Å². The van der Waals surface area contributed by atoms with E-state index in [1.54, 1.807) is 20.8 Å². The minimum Gasteiger partial charge on any atom is -0.481 e. The molecule has 0 aliphatic rings. The average Bonchev–Trinajstić information content (AvgIpc) is 2.53. The van der Waals surface area contributed by atoms with Crippen LogP contribution in [-0.4, -0.2) is 39.7 Å². The van der Waals surface area contributed by atoms with E-state index in [1.165, 1.54) is 25.1 Å². The highest BCUT2D eigenvalue weighted by Crippen LogP contribution is 2.29. The zero-order chi connectivity index (χ0) is 22.4. The molecule has 0 bridgehead atoms. The van der Waals surface area contributed by atoms with Crippen LogP contribution in [0.15, 0.2) is 18.2 Å². The number of carbonyl (C=O) groups is 3. The number of benzene rings is 1. The third-order valence-electron chi connectivity index (χ3n) is 3.74. The Balaban J connectivity index is 3.09. The van der Waals surface area contributed by atoms with Crippen LogP contribution in [0.4, 0.5) is 10.5 Å². The summed E-state index contributed by atoms with van der Waals surface area (Å²) in [6.07, 6.45) is -0.502. The molecule has 160 valence electrons. The van der Waals surface area contributed by atoms with E-state index >= 15 is 0 Å². The normalized spacial score (nSPS) is 13.1. The lowest BCUT2D eigenvalue weighted by Gasteiger charge is -2.24. The zero-order valence-corrected chi connectivity index (χ0v) is 17.1. The molecule has 0 aliphatic heterocycles.